The fourth-order valence-electron chi connectivity index (χ4n) is 6.50. The Morgan fingerprint density at radius 1 is 0.811 bits per heavy atom. The summed E-state index contributed by atoms with van der Waals surface area (Å²) in [4.78, 5) is 28.2. The second-order valence-electron chi connectivity index (χ2n) is 10.2. The van der Waals surface area contributed by atoms with E-state index in [1.165, 1.54) is 0 Å². The number of hydrogen-bond acceptors (Lipinski definition) is 3. The van der Waals surface area contributed by atoms with Gasteiger partial charge in [0.25, 0.3) is 0 Å². The molecule has 2 atom stereocenters. The van der Waals surface area contributed by atoms with E-state index in [0.717, 1.165) is 40.8 Å². The van der Waals surface area contributed by atoms with Gasteiger partial charge in [0.05, 0.1) is 5.56 Å². The average molecular weight is 506 g/mol. The maximum absolute atomic E-state index is 14.3. The van der Waals surface area contributed by atoms with Crippen LogP contribution >= 0.6 is 0 Å². The van der Waals surface area contributed by atoms with Crippen LogP contribution < -0.4 is 0 Å². The van der Waals surface area contributed by atoms with Crippen molar-refractivity contribution in [3.63, 3.8) is 0 Å². The lowest BCUT2D eigenvalue weighted by atomic mass is 9.76. The number of amides is 1. The monoisotopic (exact) mass is 505 g/mol. The van der Waals surface area contributed by atoms with Crippen LogP contribution in [0.25, 0.3) is 11.1 Å². The molecule has 190 valence electrons. The molecule has 3 aliphatic rings. The minimum atomic E-state index is -1.64. The third-order valence-electron chi connectivity index (χ3n) is 8.19. The van der Waals surface area contributed by atoms with Crippen molar-refractivity contribution in [2.75, 3.05) is 6.61 Å². The van der Waals surface area contributed by atoms with Crippen LogP contribution in [-0.2, 0) is 4.74 Å². The van der Waals surface area contributed by atoms with Gasteiger partial charge >= 0.3 is 6.09 Å². The van der Waals surface area contributed by atoms with Gasteiger partial charge in [0.2, 0.25) is 0 Å². The SMILES string of the molecule is O=C(c1ccc(F)c(F)c1F)C1CC2CCCC(C1)N2C(=O)OCC1c2ccccc2-c2ccccc21. The summed E-state index contributed by atoms with van der Waals surface area (Å²) < 4.78 is 47.3. The lowest BCUT2D eigenvalue weighted by molar-refractivity contribution is 0.00640. The topological polar surface area (TPSA) is 46.6 Å². The van der Waals surface area contributed by atoms with Gasteiger partial charge in [-0.25, -0.2) is 18.0 Å². The first-order valence-corrected chi connectivity index (χ1v) is 12.7. The molecule has 2 heterocycles. The molecule has 2 bridgehead atoms. The molecule has 37 heavy (non-hydrogen) atoms. The third kappa shape index (κ3) is 4.01. The Morgan fingerprint density at radius 3 is 2.03 bits per heavy atom. The predicted molar refractivity (Wildman–Crippen MR) is 132 cm³/mol. The fraction of sp³-hybridized carbons (Fsp3) is 0.333. The summed E-state index contributed by atoms with van der Waals surface area (Å²) in [5, 5.41) is 0. The largest absolute Gasteiger partial charge is 0.448 e. The molecule has 2 saturated heterocycles. The highest BCUT2D eigenvalue weighted by atomic mass is 19.2. The quantitative estimate of drug-likeness (QED) is 0.287. The maximum Gasteiger partial charge on any atom is 0.410 e. The number of benzene rings is 3. The zero-order valence-electron chi connectivity index (χ0n) is 20.1. The van der Waals surface area contributed by atoms with Gasteiger partial charge in [0.1, 0.15) is 6.61 Å². The van der Waals surface area contributed by atoms with Crippen LogP contribution in [0.3, 0.4) is 0 Å². The molecule has 0 N–H and O–H groups in total. The van der Waals surface area contributed by atoms with Crippen molar-refractivity contribution >= 4 is 11.9 Å². The van der Waals surface area contributed by atoms with Crippen molar-refractivity contribution in [2.24, 2.45) is 5.92 Å². The molecule has 0 radical (unpaired) electrons. The summed E-state index contributed by atoms with van der Waals surface area (Å²) in [6, 6.07) is 17.6. The summed E-state index contributed by atoms with van der Waals surface area (Å²) in [6.07, 6.45) is 2.63. The number of ketones is 1. The van der Waals surface area contributed by atoms with Gasteiger partial charge in [0, 0.05) is 23.9 Å². The van der Waals surface area contributed by atoms with E-state index >= 15 is 0 Å². The van der Waals surface area contributed by atoms with E-state index < -0.39 is 40.8 Å². The number of carbonyl (C=O) groups is 2. The van der Waals surface area contributed by atoms with Crippen molar-refractivity contribution in [3.8, 4) is 11.1 Å². The molecular formula is C30H26F3NO3. The van der Waals surface area contributed by atoms with E-state index in [0.29, 0.717) is 25.7 Å². The minimum Gasteiger partial charge on any atom is -0.448 e. The number of halogens is 3. The van der Waals surface area contributed by atoms with E-state index in [9.17, 15) is 22.8 Å². The molecular weight excluding hydrogens is 479 g/mol. The van der Waals surface area contributed by atoms with Crippen LogP contribution in [-0.4, -0.2) is 35.5 Å². The highest BCUT2D eigenvalue weighted by Gasteiger charge is 2.44. The molecule has 4 nitrogen and oxygen atoms in total. The Bertz CT molecular complexity index is 1330. The molecule has 0 spiro atoms. The van der Waals surface area contributed by atoms with Crippen molar-refractivity contribution < 1.29 is 27.5 Å². The molecule has 2 aliphatic heterocycles. The summed E-state index contributed by atoms with van der Waals surface area (Å²) in [7, 11) is 0. The number of hydrogen-bond donors (Lipinski definition) is 0. The Hall–Kier alpha value is -3.61. The van der Waals surface area contributed by atoms with Gasteiger partial charge in [-0.1, -0.05) is 48.5 Å². The van der Waals surface area contributed by atoms with E-state index in [1.807, 2.05) is 24.3 Å². The predicted octanol–water partition coefficient (Wildman–Crippen LogP) is 6.87. The summed E-state index contributed by atoms with van der Waals surface area (Å²) in [5.41, 5.74) is 4.14. The van der Waals surface area contributed by atoms with Crippen LogP contribution in [0.2, 0.25) is 0 Å². The molecule has 3 aromatic carbocycles. The smallest absolute Gasteiger partial charge is 0.410 e. The normalized spacial score (nSPS) is 22.4. The standard InChI is InChI=1S/C30H26F3NO3/c31-26-13-12-24(27(32)28(26)33)29(35)17-14-18-6-5-7-19(15-17)34(18)30(36)37-16-25-22-10-3-1-8-20(22)21-9-2-4-11-23(21)25/h1-4,8-13,17-19,25H,5-7,14-16H2. The number of fused-ring (bicyclic) bond motifs is 5. The van der Waals surface area contributed by atoms with Gasteiger partial charge in [0.15, 0.2) is 23.2 Å². The summed E-state index contributed by atoms with van der Waals surface area (Å²) in [5.74, 6) is -5.56. The minimum absolute atomic E-state index is 0.0494. The van der Waals surface area contributed by atoms with Gasteiger partial charge in [-0.2, -0.15) is 0 Å². The van der Waals surface area contributed by atoms with E-state index in [1.54, 1.807) is 4.90 Å². The average Bonchev–Trinajstić information content (AvgIpc) is 3.23. The van der Waals surface area contributed by atoms with Crippen LogP contribution in [0.15, 0.2) is 60.7 Å². The van der Waals surface area contributed by atoms with Crippen molar-refractivity contribution in [1.82, 2.24) is 4.90 Å². The summed E-state index contributed by atoms with van der Waals surface area (Å²) >= 11 is 0. The lowest BCUT2D eigenvalue weighted by Gasteiger charge is -2.47. The Morgan fingerprint density at radius 2 is 1.41 bits per heavy atom. The van der Waals surface area contributed by atoms with Crippen LogP contribution in [0, 0.1) is 23.4 Å². The first kappa shape index (κ1) is 23.8. The van der Waals surface area contributed by atoms with Gasteiger partial charge in [-0.05, 0) is 66.5 Å². The molecule has 1 aliphatic carbocycles. The zero-order chi connectivity index (χ0) is 25.7. The molecule has 3 aromatic rings. The van der Waals surface area contributed by atoms with E-state index in [2.05, 4.69) is 24.3 Å². The number of rotatable bonds is 4. The van der Waals surface area contributed by atoms with E-state index in [4.69, 9.17) is 4.74 Å². The number of nitrogens with zero attached hydrogens (tertiary/aromatic N) is 1. The Labute approximate surface area is 213 Å². The van der Waals surface area contributed by atoms with Crippen molar-refractivity contribution in [1.29, 1.82) is 0 Å². The van der Waals surface area contributed by atoms with Crippen LogP contribution in [0.5, 0.6) is 0 Å². The number of Topliss-reactive ketones (excluding diaryl/α,β-unsaturated/α-hetero) is 1. The summed E-state index contributed by atoms with van der Waals surface area (Å²) in [6.45, 7) is 0.214. The van der Waals surface area contributed by atoms with E-state index in [-0.39, 0.29) is 24.6 Å². The number of ether oxygens (including phenoxy) is 1. The highest BCUT2D eigenvalue weighted by molar-refractivity contribution is 5.98. The molecule has 2 unspecified atom stereocenters. The van der Waals surface area contributed by atoms with Gasteiger partial charge in [-0.15, -0.1) is 0 Å². The lowest BCUT2D eigenvalue weighted by Crippen LogP contribution is -2.56. The second kappa shape index (κ2) is 9.36. The first-order chi connectivity index (χ1) is 17.9. The van der Waals surface area contributed by atoms with Crippen LogP contribution in [0.1, 0.15) is 59.5 Å². The number of carbonyl (C=O) groups excluding carboxylic acids is 2. The van der Waals surface area contributed by atoms with Gasteiger partial charge < -0.3 is 9.64 Å². The first-order valence-electron chi connectivity index (χ1n) is 12.7. The van der Waals surface area contributed by atoms with Gasteiger partial charge in [-0.3, -0.25) is 4.79 Å². The van der Waals surface area contributed by atoms with Crippen molar-refractivity contribution in [3.05, 3.63) is 94.8 Å². The molecule has 1 amide bonds. The number of piperidine rings is 2. The van der Waals surface area contributed by atoms with Crippen LogP contribution in [0.4, 0.5) is 18.0 Å². The fourth-order valence-corrected chi connectivity index (χ4v) is 6.50. The molecule has 0 saturated carbocycles. The molecule has 6 rings (SSSR count). The van der Waals surface area contributed by atoms with Crippen molar-refractivity contribution in [2.45, 2.75) is 50.1 Å². The molecule has 7 heteroatoms. The Kier molecular flexibility index (Phi) is 6.01. The maximum atomic E-state index is 14.3. The highest BCUT2D eigenvalue weighted by Crippen LogP contribution is 2.45. The molecule has 2 fully saturated rings. The molecule has 0 aromatic heterocycles. The second-order valence-corrected chi connectivity index (χ2v) is 10.2. The third-order valence-corrected chi connectivity index (χ3v) is 8.19. The zero-order valence-corrected chi connectivity index (χ0v) is 20.1. The Balaban J connectivity index is 1.17.